The van der Waals surface area contributed by atoms with Gasteiger partial charge in [-0.25, -0.2) is 4.98 Å². The largest absolute Gasteiger partial charge is 0.480 e. The first kappa shape index (κ1) is 11.1. The molecular formula is C9H11N3O3. The molecule has 1 aromatic heterocycles. The molecule has 0 saturated heterocycles. The lowest BCUT2D eigenvalue weighted by Crippen LogP contribution is -2.39. The van der Waals surface area contributed by atoms with E-state index in [1.807, 2.05) is 0 Å². The maximum absolute atomic E-state index is 11.5. The Labute approximate surface area is 86.4 Å². The predicted molar refractivity (Wildman–Crippen MR) is 51.3 cm³/mol. The van der Waals surface area contributed by atoms with Gasteiger partial charge in [-0.05, 0) is 13.8 Å². The molecule has 0 aliphatic carbocycles. The van der Waals surface area contributed by atoms with Crippen LogP contribution in [-0.4, -0.2) is 33.0 Å². The van der Waals surface area contributed by atoms with E-state index in [0.29, 0.717) is 5.69 Å². The minimum absolute atomic E-state index is 0.144. The summed E-state index contributed by atoms with van der Waals surface area (Å²) in [6.07, 6.45) is 2.85. The van der Waals surface area contributed by atoms with Crippen molar-refractivity contribution >= 4 is 11.9 Å². The van der Waals surface area contributed by atoms with Gasteiger partial charge in [0.1, 0.15) is 11.7 Å². The van der Waals surface area contributed by atoms with Crippen LogP contribution in [0.1, 0.15) is 23.1 Å². The number of hydrogen-bond acceptors (Lipinski definition) is 4. The van der Waals surface area contributed by atoms with Crippen molar-refractivity contribution in [2.24, 2.45) is 0 Å². The van der Waals surface area contributed by atoms with Gasteiger partial charge in [-0.3, -0.25) is 14.6 Å². The normalized spacial score (nSPS) is 11.9. The van der Waals surface area contributed by atoms with Gasteiger partial charge in [-0.2, -0.15) is 0 Å². The van der Waals surface area contributed by atoms with Crippen LogP contribution in [0.4, 0.5) is 0 Å². The van der Waals surface area contributed by atoms with Crippen molar-refractivity contribution in [2.75, 3.05) is 0 Å². The lowest BCUT2D eigenvalue weighted by molar-refractivity contribution is -0.138. The first-order chi connectivity index (χ1) is 7.02. The number of hydrogen-bond donors (Lipinski definition) is 2. The van der Waals surface area contributed by atoms with Crippen molar-refractivity contribution in [3.63, 3.8) is 0 Å². The van der Waals surface area contributed by atoms with Gasteiger partial charge in [0.05, 0.1) is 5.69 Å². The summed E-state index contributed by atoms with van der Waals surface area (Å²) >= 11 is 0. The molecule has 0 radical (unpaired) electrons. The zero-order valence-electron chi connectivity index (χ0n) is 8.39. The highest BCUT2D eigenvalue weighted by Gasteiger charge is 2.17. The van der Waals surface area contributed by atoms with Gasteiger partial charge < -0.3 is 10.4 Å². The Kier molecular flexibility index (Phi) is 3.33. The summed E-state index contributed by atoms with van der Waals surface area (Å²) in [6, 6.07) is -0.945. The smallest absolute Gasteiger partial charge is 0.325 e. The second kappa shape index (κ2) is 4.50. The van der Waals surface area contributed by atoms with Gasteiger partial charge in [-0.15, -0.1) is 0 Å². The van der Waals surface area contributed by atoms with Crippen molar-refractivity contribution in [3.8, 4) is 0 Å². The fourth-order valence-corrected chi connectivity index (χ4v) is 0.957. The third-order valence-corrected chi connectivity index (χ3v) is 1.81. The number of nitrogens with zero attached hydrogens (tertiary/aromatic N) is 2. The number of rotatable bonds is 3. The van der Waals surface area contributed by atoms with Crippen LogP contribution < -0.4 is 5.32 Å². The number of carbonyl (C=O) groups is 2. The van der Waals surface area contributed by atoms with E-state index < -0.39 is 17.9 Å². The Morgan fingerprint density at radius 1 is 1.40 bits per heavy atom. The molecule has 6 heteroatoms. The first-order valence-corrected chi connectivity index (χ1v) is 4.33. The molecule has 0 saturated carbocycles. The maximum atomic E-state index is 11.5. The molecule has 0 aliphatic heterocycles. The van der Waals surface area contributed by atoms with Crippen molar-refractivity contribution in [3.05, 3.63) is 23.8 Å². The molecule has 1 heterocycles. The van der Waals surface area contributed by atoms with E-state index in [9.17, 15) is 9.59 Å². The molecule has 6 nitrogen and oxygen atoms in total. The molecule has 15 heavy (non-hydrogen) atoms. The van der Waals surface area contributed by atoms with Gasteiger partial charge in [0, 0.05) is 12.4 Å². The monoisotopic (exact) mass is 209 g/mol. The molecule has 0 aromatic carbocycles. The summed E-state index contributed by atoms with van der Waals surface area (Å²) < 4.78 is 0. The first-order valence-electron chi connectivity index (χ1n) is 4.33. The van der Waals surface area contributed by atoms with Crippen LogP contribution in [0.15, 0.2) is 12.4 Å². The topological polar surface area (TPSA) is 92.2 Å². The fourth-order valence-electron chi connectivity index (χ4n) is 0.957. The van der Waals surface area contributed by atoms with Gasteiger partial charge >= 0.3 is 5.97 Å². The molecule has 1 aromatic rings. The van der Waals surface area contributed by atoms with Crippen molar-refractivity contribution in [2.45, 2.75) is 19.9 Å². The number of aryl methyl sites for hydroxylation is 1. The van der Waals surface area contributed by atoms with Gasteiger partial charge in [0.15, 0.2) is 0 Å². The molecule has 1 atom stereocenters. The molecule has 0 bridgehead atoms. The molecule has 1 amide bonds. The summed E-state index contributed by atoms with van der Waals surface area (Å²) in [4.78, 5) is 29.7. The number of amides is 1. The average molecular weight is 209 g/mol. The second-order valence-corrected chi connectivity index (χ2v) is 3.02. The van der Waals surface area contributed by atoms with E-state index in [4.69, 9.17) is 5.11 Å². The highest BCUT2D eigenvalue weighted by Crippen LogP contribution is 1.99. The summed E-state index contributed by atoms with van der Waals surface area (Å²) in [5, 5.41) is 10.9. The molecule has 0 aliphatic rings. The Morgan fingerprint density at radius 2 is 2.00 bits per heavy atom. The second-order valence-electron chi connectivity index (χ2n) is 3.02. The molecule has 0 spiro atoms. The molecule has 0 fully saturated rings. The quantitative estimate of drug-likeness (QED) is 0.730. The summed E-state index contributed by atoms with van der Waals surface area (Å²) in [6.45, 7) is 3.01. The Bertz CT molecular complexity index is 392. The molecule has 0 unspecified atom stereocenters. The van der Waals surface area contributed by atoms with Gasteiger partial charge in [0.2, 0.25) is 0 Å². The number of aromatic nitrogens is 2. The number of carbonyl (C=O) groups excluding carboxylic acids is 1. The van der Waals surface area contributed by atoms with Crippen LogP contribution in [0, 0.1) is 6.92 Å². The van der Waals surface area contributed by atoms with Crippen LogP contribution in [0.2, 0.25) is 0 Å². The van der Waals surface area contributed by atoms with Crippen molar-refractivity contribution in [1.29, 1.82) is 0 Å². The molecule has 2 N–H and O–H groups in total. The minimum atomic E-state index is -1.09. The van der Waals surface area contributed by atoms with E-state index >= 15 is 0 Å². The van der Waals surface area contributed by atoms with Crippen LogP contribution in [-0.2, 0) is 4.79 Å². The fraction of sp³-hybridized carbons (Fsp3) is 0.333. The highest BCUT2D eigenvalue weighted by atomic mass is 16.4. The van der Waals surface area contributed by atoms with Gasteiger partial charge in [0.25, 0.3) is 5.91 Å². The molecule has 80 valence electrons. The third-order valence-electron chi connectivity index (χ3n) is 1.81. The Morgan fingerprint density at radius 3 is 2.53 bits per heavy atom. The number of aliphatic carboxylic acids is 1. The van der Waals surface area contributed by atoms with E-state index in [1.165, 1.54) is 19.3 Å². The molecule has 1 rings (SSSR count). The zero-order chi connectivity index (χ0) is 11.4. The molecular weight excluding hydrogens is 198 g/mol. The maximum Gasteiger partial charge on any atom is 0.325 e. The SMILES string of the molecule is Cc1nccnc1C(=O)N[C@H](C)C(=O)O. The van der Waals surface area contributed by atoms with Crippen LogP contribution in [0.5, 0.6) is 0 Å². The van der Waals surface area contributed by atoms with E-state index in [2.05, 4.69) is 15.3 Å². The number of carboxylic acids is 1. The third kappa shape index (κ3) is 2.73. The zero-order valence-corrected chi connectivity index (χ0v) is 8.39. The average Bonchev–Trinajstić information content (AvgIpc) is 2.18. The summed E-state index contributed by atoms with van der Waals surface area (Å²) in [5.74, 6) is -1.62. The lowest BCUT2D eigenvalue weighted by atomic mass is 10.2. The van der Waals surface area contributed by atoms with E-state index in [1.54, 1.807) is 6.92 Å². The van der Waals surface area contributed by atoms with E-state index in [-0.39, 0.29) is 5.69 Å². The number of carboxylic acid groups (broad SMARTS) is 1. The summed E-state index contributed by atoms with van der Waals surface area (Å²) in [5.41, 5.74) is 0.609. The highest BCUT2D eigenvalue weighted by molar-refractivity contribution is 5.95. The van der Waals surface area contributed by atoms with Crippen molar-refractivity contribution < 1.29 is 14.7 Å². The lowest BCUT2D eigenvalue weighted by Gasteiger charge is -2.09. The predicted octanol–water partition coefficient (Wildman–Crippen LogP) is -0.0121. The van der Waals surface area contributed by atoms with Crippen molar-refractivity contribution in [1.82, 2.24) is 15.3 Å². The van der Waals surface area contributed by atoms with Crippen LogP contribution >= 0.6 is 0 Å². The summed E-state index contributed by atoms with van der Waals surface area (Å²) in [7, 11) is 0. The van der Waals surface area contributed by atoms with E-state index in [0.717, 1.165) is 0 Å². The minimum Gasteiger partial charge on any atom is -0.480 e. The van der Waals surface area contributed by atoms with Gasteiger partial charge in [-0.1, -0.05) is 0 Å². The van der Waals surface area contributed by atoms with Crippen LogP contribution in [0.25, 0.3) is 0 Å². The Hall–Kier alpha value is -1.98. The Balaban J connectivity index is 2.78. The standard InChI is InChI=1S/C9H11N3O3/c1-5-7(11-4-3-10-5)8(13)12-6(2)9(14)15/h3-4,6H,1-2H3,(H,12,13)(H,14,15)/t6-/m1/s1. The number of nitrogens with one attached hydrogen (secondary N) is 1. The van der Waals surface area contributed by atoms with Crippen LogP contribution in [0.3, 0.4) is 0 Å².